The second kappa shape index (κ2) is 5.94. The van der Waals surface area contributed by atoms with Crippen LogP contribution in [0, 0.1) is 5.41 Å². The molecule has 0 amide bonds. The molecular weight excluding hydrogens is 230 g/mol. The Labute approximate surface area is 110 Å². The predicted octanol–water partition coefficient (Wildman–Crippen LogP) is 3.07. The Morgan fingerprint density at radius 1 is 1.06 bits per heavy atom. The van der Waals surface area contributed by atoms with Gasteiger partial charge >= 0.3 is 0 Å². The third-order valence-corrected chi connectivity index (χ3v) is 4.99. The summed E-state index contributed by atoms with van der Waals surface area (Å²) >= 11 is 2.10. The first-order valence-corrected chi connectivity index (χ1v) is 8.16. The molecule has 3 heteroatoms. The van der Waals surface area contributed by atoms with E-state index in [4.69, 9.17) is 4.74 Å². The van der Waals surface area contributed by atoms with Crippen molar-refractivity contribution in [2.45, 2.75) is 64.6 Å². The fourth-order valence-corrected chi connectivity index (χ4v) is 3.86. The van der Waals surface area contributed by atoms with Crippen LogP contribution < -0.4 is 5.32 Å². The molecule has 2 rings (SSSR count). The molecule has 0 radical (unpaired) electrons. The first-order valence-electron chi connectivity index (χ1n) is 7.01. The summed E-state index contributed by atoms with van der Waals surface area (Å²) in [6.45, 7) is 7.80. The van der Waals surface area contributed by atoms with E-state index in [0.717, 1.165) is 12.6 Å². The minimum Gasteiger partial charge on any atom is -0.378 e. The highest BCUT2D eigenvalue weighted by Gasteiger charge is 2.32. The van der Waals surface area contributed by atoms with Gasteiger partial charge in [-0.25, -0.2) is 0 Å². The monoisotopic (exact) mass is 257 g/mol. The van der Waals surface area contributed by atoms with Gasteiger partial charge in [0.1, 0.15) is 0 Å². The zero-order valence-corrected chi connectivity index (χ0v) is 12.3. The van der Waals surface area contributed by atoms with E-state index in [1.807, 2.05) is 0 Å². The van der Waals surface area contributed by atoms with Crippen molar-refractivity contribution in [1.82, 2.24) is 5.32 Å². The van der Waals surface area contributed by atoms with Gasteiger partial charge in [0.05, 0.1) is 6.10 Å². The summed E-state index contributed by atoms with van der Waals surface area (Å²) in [6, 6.07) is 1.45. The minimum absolute atomic E-state index is 0.281. The lowest BCUT2D eigenvalue weighted by molar-refractivity contribution is -0.0593. The molecule has 0 aromatic carbocycles. The summed E-state index contributed by atoms with van der Waals surface area (Å²) < 4.78 is 5.92. The Bertz CT molecular complexity index is 233. The average Bonchev–Trinajstić information content (AvgIpc) is 2.29. The average molecular weight is 257 g/mol. The van der Waals surface area contributed by atoms with Crippen LogP contribution in [0.1, 0.15) is 46.5 Å². The lowest BCUT2D eigenvalue weighted by atomic mass is 9.83. The van der Waals surface area contributed by atoms with Crippen LogP contribution in [0.2, 0.25) is 0 Å². The second-order valence-corrected chi connectivity index (χ2v) is 7.72. The third kappa shape index (κ3) is 4.15. The van der Waals surface area contributed by atoms with Crippen LogP contribution in [0.25, 0.3) is 0 Å². The standard InChI is InChI=1S/C14H27NOS/c1-14(2,3)13-10-12(4-7-16-13)15-11-5-8-17-9-6-11/h11-13,15H,4-10H2,1-3H3/t12-,13-/m1/s1. The molecule has 2 atom stereocenters. The molecule has 0 bridgehead atoms. The fourth-order valence-electron chi connectivity index (χ4n) is 2.75. The summed E-state index contributed by atoms with van der Waals surface area (Å²) in [7, 11) is 0. The highest BCUT2D eigenvalue weighted by atomic mass is 32.2. The minimum atomic E-state index is 0.281. The van der Waals surface area contributed by atoms with Crippen molar-refractivity contribution in [2.24, 2.45) is 5.41 Å². The Kier molecular flexibility index (Phi) is 4.79. The summed E-state index contributed by atoms with van der Waals surface area (Å²) in [6.07, 6.45) is 5.50. The van der Waals surface area contributed by atoms with Crippen molar-refractivity contribution in [2.75, 3.05) is 18.1 Å². The summed E-state index contributed by atoms with van der Waals surface area (Å²) in [5.74, 6) is 2.67. The molecule has 2 aliphatic heterocycles. The first-order chi connectivity index (χ1) is 8.05. The third-order valence-electron chi connectivity index (χ3n) is 3.94. The van der Waals surface area contributed by atoms with Crippen LogP contribution >= 0.6 is 11.8 Å². The normalized spacial score (nSPS) is 32.6. The van der Waals surface area contributed by atoms with Crippen molar-refractivity contribution in [3.05, 3.63) is 0 Å². The number of rotatable bonds is 2. The topological polar surface area (TPSA) is 21.3 Å². The Morgan fingerprint density at radius 2 is 1.76 bits per heavy atom. The summed E-state index contributed by atoms with van der Waals surface area (Å²) in [5.41, 5.74) is 0.281. The maximum absolute atomic E-state index is 5.92. The molecule has 0 aliphatic carbocycles. The van der Waals surface area contributed by atoms with Gasteiger partial charge in [-0.15, -0.1) is 0 Å². The van der Waals surface area contributed by atoms with Gasteiger partial charge in [0.25, 0.3) is 0 Å². The Morgan fingerprint density at radius 3 is 2.41 bits per heavy atom. The lowest BCUT2D eigenvalue weighted by Crippen LogP contribution is -2.48. The van der Waals surface area contributed by atoms with E-state index < -0.39 is 0 Å². The molecule has 0 unspecified atom stereocenters. The zero-order chi connectivity index (χ0) is 12.3. The van der Waals surface area contributed by atoms with Crippen LogP contribution in [0.4, 0.5) is 0 Å². The molecule has 17 heavy (non-hydrogen) atoms. The fraction of sp³-hybridized carbons (Fsp3) is 1.00. The first kappa shape index (κ1) is 13.7. The zero-order valence-electron chi connectivity index (χ0n) is 11.5. The maximum atomic E-state index is 5.92. The van der Waals surface area contributed by atoms with Gasteiger partial charge in [-0.3, -0.25) is 0 Å². The molecule has 2 heterocycles. The van der Waals surface area contributed by atoms with E-state index >= 15 is 0 Å². The van der Waals surface area contributed by atoms with Crippen LogP contribution in [-0.4, -0.2) is 36.3 Å². The predicted molar refractivity (Wildman–Crippen MR) is 75.7 cm³/mol. The maximum Gasteiger partial charge on any atom is 0.0638 e. The molecule has 0 saturated carbocycles. The van der Waals surface area contributed by atoms with Gasteiger partial charge in [0.15, 0.2) is 0 Å². The molecule has 2 fully saturated rings. The number of hydrogen-bond acceptors (Lipinski definition) is 3. The van der Waals surface area contributed by atoms with E-state index in [-0.39, 0.29) is 5.41 Å². The van der Waals surface area contributed by atoms with Gasteiger partial charge in [-0.05, 0) is 42.6 Å². The quantitative estimate of drug-likeness (QED) is 0.821. The highest BCUT2D eigenvalue weighted by molar-refractivity contribution is 7.99. The number of nitrogens with one attached hydrogen (secondary N) is 1. The Hall–Kier alpha value is 0.270. The lowest BCUT2D eigenvalue weighted by Gasteiger charge is -2.39. The molecule has 0 aromatic heterocycles. The van der Waals surface area contributed by atoms with E-state index in [1.54, 1.807) is 0 Å². The molecule has 0 spiro atoms. The van der Waals surface area contributed by atoms with Crippen molar-refractivity contribution in [1.29, 1.82) is 0 Å². The van der Waals surface area contributed by atoms with Gasteiger partial charge < -0.3 is 10.1 Å². The molecule has 2 saturated heterocycles. The summed E-state index contributed by atoms with van der Waals surface area (Å²) in [4.78, 5) is 0. The van der Waals surface area contributed by atoms with Crippen LogP contribution in [0.5, 0.6) is 0 Å². The van der Waals surface area contributed by atoms with E-state index in [9.17, 15) is 0 Å². The van der Waals surface area contributed by atoms with E-state index in [2.05, 4.69) is 37.8 Å². The van der Waals surface area contributed by atoms with Gasteiger partial charge in [0.2, 0.25) is 0 Å². The van der Waals surface area contributed by atoms with Crippen LogP contribution in [-0.2, 0) is 4.74 Å². The number of hydrogen-bond donors (Lipinski definition) is 1. The largest absolute Gasteiger partial charge is 0.378 e. The van der Waals surface area contributed by atoms with Crippen molar-refractivity contribution in [3.8, 4) is 0 Å². The molecule has 100 valence electrons. The van der Waals surface area contributed by atoms with Crippen LogP contribution in [0.3, 0.4) is 0 Å². The molecule has 1 N–H and O–H groups in total. The number of ether oxygens (including phenoxy) is 1. The van der Waals surface area contributed by atoms with Crippen molar-refractivity contribution >= 4 is 11.8 Å². The van der Waals surface area contributed by atoms with Gasteiger partial charge in [-0.2, -0.15) is 11.8 Å². The molecular formula is C14H27NOS. The van der Waals surface area contributed by atoms with Crippen LogP contribution in [0.15, 0.2) is 0 Å². The molecule has 2 nitrogen and oxygen atoms in total. The smallest absolute Gasteiger partial charge is 0.0638 e. The molecule has 2 aliphatic rings. The van der Waals surface area contributed by atoms with Crippen molar-refractivity contribution in [3.63, 3.8) is 0 Å². The highest BCUT2D eigenvalue weighted by Crippen LogP contribution is 2.30. The second-order valence-electron chi connectivity index (χ2n) is 6.50. The van der Waals surface area contributed by atoms with E-state index in [0.29, 0.717) is 12.1 Å². The SMILES string of the molecule is CC(C)(C)[C@H]1C[C@H](NC2CCSCC2)CCO1. The van der Waals surface area contributed by atoms with E-state index in [1.165, 1.54) is 37.2 Å². The molecule has 0 aromatic rings. The van der Waals surface area contributed by atoms with Gasteiger partial charge in [0, 0.05) is 18.7 Å². The van der Waals surface area contributed by atoms with Gasteiger partial charge in [-0.1, -0.05) is 20.8 Å². The van der Waals surface area contributed by atoms with Crippen molar-refractivity contribution < 1.29 is 4.74 Å². The summed E-state index contributed by atoms with van der Waals surface area (Å²) in [5, 5.41) is 3.87. The number of thioether (sulfide) groups is 1. The Balaban J connectivity index is 1.80.